The molecule has 20 heavy (non-hydrogen) atoms. The van der Waals surface area contributed by atoms with Gasteiger partial charge in [0.2, 0.25) is 5.96 Å². The first-order chi connectivity index (χ1) is 9.61. The normalized spacial score (nSPS) is 11.4. The third-order valence-corrected chi connectivity index (χ3v) is 3.26. The highest BCUT2D eigenvalue weighted by Gasteiger charge is 2.09. The molecule has 2 aromatic rings. The first-order valence-electron chi connectivity index (χ1n) is 6.86. The molecular weight excluding hydrogens is 246 g/mol. The molecule has 0 saturated carbocycles. The lowest BCUT2D eigenvalue weighted by atomic mass is 10.2. The van der Waals surface area contributed by atoms with Crippen molar-refractivity contribution in [2.45, 2.75) is 20.8 Å². The third kappa shape index (κ3) is 3.18. The van der Waals surface area contributed by atoms with Crippen LogP contribution in [0.5, 0.6) is 0 Å². The van der Waals surface area contributed by atoms with Crippen LogP contribution in [0.25, 0.3) is 0 Å². The first kappa shape index (κ1) is 14.1. The molecule has 0 amide bonds. The summed E-state index contributed by atoms with van der Waals surface area (Å²) in [6.07, 6.45) is 0. The SMILES string of the molecule is CCN(C(N)=Nc1ccccc1C)c1cccc(C)c1. The van der Waals surface area contributed by atoms with Gasteiger partial charge in [0.05, 0.1) is 5.69 Å². The second-order valence-electron chi connectivity index (χ2n) is 4.84. The molecule has 2 aromatic carbocycles. The Kier molecular flexibility index (Phi) is 4.41. The van der Waals surface area contributed by atoms with E-state index in [0.29, 0.717) is 5.96 Å². The van der Waals surface area contributed by atoms with Crippen LogP contribution in [0.15, 0.2) is 53.5 Å². The summed E-state index contributed by atoms with van der Waals surface area (Å²) in [6, 6.07) is 16.3. The van der Waals surface area contributed by atoms with Gasteiger partial charge in [-0.1, -0.05) is 30.3 Å². The molecule has 0 radical (unpaired) electrons. The molecule has 0 aliphatic rings. The van der Waals surface area contributed by atoms with Crippen LogP contribution in [0.1, 0.15) is 18.1 Å². The van der Waals surface area contributed by atoms with Crippen LogP contribution in [0, 0.1) is 13.8 Å². The number of nitrogens with zero attached hydrogens (tertiary/aromatic N) is 2. The molecule has 0 aromatic heterocycles. The molecule has 3 nitrogen and oxygen atoms in total. The molecule has 0 unspecified atom stereocenters. The van der Waals surface area contributed by atoms with Crippen molar-refractivity contribution in [3.8, 4) is 0 Å². The largest absolute Gasteiger partial charge is 0.369 e. The van der Waals surface area contributed by atoms with Crippen LogP contribution in [-0.4, -0.2) is 12.5 Å². The zero-order valence-electron chi connectivity index (χ0n) is 12.3. The fourth-order valence-corrected chi connectivity index (χ4v) is 2.15. The number of hydrogen-bond donors (Lipinski definition) is 1. The number of aryl methyl sites for hydroxylation is 2. The van der Waals surface area contributed by atoms with Crippen molar-refractivity contribution >= 4 is 17.3 Å². The van der Waals surface area contributed by atoms with Gasteiger partial charge in [0, 0.05) is 12.2 Å². The van der Waals surface area contributed by atoms with E-state index in [0.717, 1.165) is 23.5 Å². The maximum absolute atomic E-state index is 6.19. The summed E-state index contributed by atoms with van der Waals surface area (Å²) in [6.45, 7) is 6.97. The molecule has 0 aliphatic carbocycles. The van der Waals surface area contributed by atoms with Gasteiger partial charge in [-0.15, -0.1) is 0 Å². The van der Waals surface area contributed by atoms with Gasteiger partial charge >= 0.3 is 0 Å². The molecule has 2 rings (SSSR count). The van der Waals surface area contributed by atoms with Gasteiger partial charge in [-0.05, 0) is 50.1 Å². The van der Waals surface area contributed by atoms with Crippen LogP contribution in [0.2, 0.25) is 0 Å². The van der Waals surface area contributed by atoms with Gasteiger partial charge in [0.25, 0.3) is 0 Å². The number of para-hydroxylation sites is 1. The van der Waals surface area contributed by atoms with Gasteiger partial charge in [-0.3, -0.25) is 0 Å². The molecular formula is C17H21N3. The Labute approximate surface area is 120 Å². The topological polar surface area (TPSA) is 41.6 Å². The second kappa shape index (κ2) is 6.24. The Hall–Kier alpha value is -2.29. The number of nitrogens with two attached hydrogens (primary N) is 1. The van der Waals surface area contributed by atoms with E-state index in [1.54, 1.807) is 0 Å². The highest BCUT2D eigenvalue weighted by atomic mass is 15.3. The molecule has 0 saturated heterocycles. The summed E-state index contributed by atoms with van der Waals surface area (Å²) < 4.78 is 0. The number of anilines is 1. The van der Waals surface area contributed by atoms with Crippen LogP contribution < -0.4 is 10.6 Å². The van der Waals surface area contributed by atoms with Gasteiger partial charge in [-0.25, -0.2) is 4.99 Å². The Morgan fingerprint density at radius 3 is 2.50 bits per heavy atom. The zero-order chi connectivity index (χ0) is 14.5. The van der Waals surface area contributed by atoms with Crippen LogP contribution in [0.4, 0.5) is 11.4 Å². The van der Waals surface area contributed by atoms with E-state index in [2.05, 4.69) is 37.0 Å². The molecule has 104 valence electrons. The van der Waals surface area contributed by atoms with Gasteiger partial charge < -0.3 is 10.6 Å². The first-order valence-corrected chi connectivity index (χ1v) is 6.86. The number of guanidine groups is 1. The number of hydrogen-bond acceptors (Lipinski definition) is 1. The minimum absolute atomic E-state index is 0.521. The average molecular weight is 267 g/mol. The van der Waals surface area contributed by atoms with E-state index in [1.165, 1.54) is 5.56 Å². The van der Waals surface area contributed by atoms with E-state index in [9.17, 15) is 0 Å². The van der Waals surface area contributed by atoms with Crippen molar-refractivity contribution in [1.82, 2.24) is 0 Å². The van der Waals surface area contributed by atoms with Gasteiger partial charge in [-0.2, -0.15) is 0 Å². The molecule has 0 spiro atoms. The summed E-state index contributed by atoms with van der Waals surface area (Å²) in [7, 11) is 0. The Morgan fingerprint density at radius 1 is 1.10 bits per heavy atom. The fraction of sp³-hybridized carbons (Fsp3) is 0.235. The third-order valence-electron chi connectivity index (χ3n) is 3.26. The van der Waals surface area contributed by atoms with Crippen LogP contribution >= 0.6 is 0 Å². The lowest BCUT2D eigenvalue weighted by Gasteiger charge is -2.22. The molecule has 0 fully saturated rings. The maximum atomic E-state index is 6.19. The predicted molar refractivity (Wildman–Crippen MR) is 86.7 cm³/mol. The minimum Gasteiger partial charge on any atom is -0.369 e. The monoisotopic (exact) mass is 267 g/mol. The molecule has 0 atom stereocenters. The quantitative estimate of drug-likeness (QED) is 0.679. The lowest BCUT2D eigenvalue weighted by molar-refractivity contribution is 1.04. The Bertz CT molecular complexity index is 617. The molecule has 0 bridgehead atoms. The second-order valence-corrected chi connectivity index (χ2v) is 4.84. The average Bonchev–Trinajstić information content (AvgIpc) is 2.42. The van der Waals surface area contributed by atoms with Crippen molar-refractivity contribution < 1.29 is 0 Å². The highest BCUT2D eigenvalue weighted by molar-refractivity contribution is 5.96. The maximum Gasteiger partial charge on any atom is 0.201 e. The van der Waals surface area contributed by atoms with E-state index in [1.807, 2.05) is 42.2 Å². The van der Waals surface area contributed by atoms with E-state index >= 15 is 0 Å². The molecule has 2 N–H and O–H groups in total. The molecule has 0 heterocycles. The van der Waals surface area contributed by atoms with Crippen molar-refractivity contribution in [1.29, 1.82) is 0 Å². The number of aliphatic imine (C=N–C) groups is 1. The Balaban J connectivity index is 2.34. The molecule has 3 heteroatoms. The van der Waals surface area contributed by atoms with Crippen LogP contribution in [0.3, 0.4) is 0 Å². The minimum atomic E-state index is 0.521. The number of rotatable bonds is 3. The standard InChI is InChI=1S/C17H21N3/c1-4-20(15-10-7-8-13(2)12-15)17(18)19-16-11-6-5-9-14(16)3/h5-12H,4H2,1-3H3,(H2,18,19). The van der Waals surface area contributed by atoms with Crippen molar-refractivity contribution in [2.75, 3.05) is 11.4 Å². The van der Waals surface area contributed by atoms with Crippen molar-refractivity contribution in [2.24, 2.45) is 10.7 Å². The van der Waals surface area contributed by atoms with E-state index < -0.39 is 0 Å². The van der Waals surface area contributed by atoms with Crippen LogP contribution in [-0.2, 0) is 0 Å². The van der Waals surface area contributed by atoms with E-state index in [4.69, 9.17) is 5.73 Å². The summed E-state index contributed by atoms with van der Waals surface area (Å²) in [4.78, 5) is 6.57. The smallest absolute Gasteiger partial charge is 0.201 e. The van der Waals surface area contributed by atoms with Crippen molar-refractivity contribution in [3.05, 3.63) is 59.7 Å². The summed E-state index contributed by atoms with van der Waals surface area (Å²) >= 11 is 0. The van der Waals surface area contributed by atoms with E-state index in [-0.39, 0.29) is 0 Å². The van der Waals surface area contributed by atoms with Gasteiger partial charge in [0.15, 0.2) is 0 Å². The summed E-state index contributed by atoms with van der Waals surface area (Å²) in [5.74, 6) is 0.521. The zero-order valence-corrected chi connectivity index (χ0v) is 12.3. The predicted octanol–water partition coefficient (Wildman–Crippen LogP) is 3.78. The summed E-state index contributed by atoms with van der Waals surface area (Å²) in [5, 5.41) is 0. The van der Waals surface area contributed by atoms with Gasteiger partial charge in [0.1, 0.15) is 0 Å². The summed E-state index contributed by atoms with van der Waals surface area (Å²) in [5.41, 5.74) is 10.5. The Morgan fingerprint density at radius 2 is 1.85 bits per heavy atom. The highest BCUT2D eigenvalue weighted by Crippen LogP contribution is 2.20. The molecule has 0 aliphatic heterocycles. The van der Waals surface area contributed by atoms with Crippen molar-refractivity contribution in [3.63, 3.8) is 0 Å². The fourth-order valence-electron chi connectivity index (χ4n) is 2.15. The lowest BCUT2D eigenvalue weighted by Crippen LogP contribution is -2.37. The number of benzene rings is 2.